The van der Waals surface area contributed by atoms with E-state index in [4.69, 9.17) is 27.6 Å². The first-order valence-corrected chi connectivity index (χ1v) is 7.84. The molecule has 1 aromatic carbocycles. The van der Waals surface area contributed by atoms with Crippen LogP contribution in [0.3, 0.4) is 0 Å². The van der Waals surface area contributed by atoms with Gasteiger partial charge in [0, 0.05) is 18.0 Å². The summed E-state index contributed by atoms with van der Waals surface area (Å²) in [6.07, 6.45) is 1.73. The molecule has 7 heteroatoms. The van der Waals surface area contributed by atoms with Gasteiger partial charge in [0.15, 0.2) is 0 Å². The molecular formula is C16H14Cl2N2O3. The Morgan fingerprint density at radius 2 is 2.17 bits per heavy atom. The van der Waals surface area contributed by atoms with Gasteiger partial charge in [-0.2, -0.15) is 0 Å². The fraction of sp³-hybridized carbons (Fsp3) is 0.250. The molecular weight excluding hydrogens is 339 g/mol. The lowest BCUT2D eigenvalue weighted by Crippen LogP contribution is -2.28. The van der Waals surface area contributed by atoms with E-state index in [9.17, 15) is 9.59 Å². The Bertz CT molecular complexity index is 731. The molecule has 1 aromatic heterocycles. The lowest BCUT2D eigenvalue weighted by Gasteiger charge is -2.15. The lowest BCUT2D eigenvalue weighted by molar-refractivity contribution is -0.128. The van der Waals surface area contributed by atoms with Crippen molar-refractivity contribution in [2.45, 2.75) is 13.0 Å². The number of carbonyl (C=O) groups is 2. The van der Waals surface area contributed by atoms with E-state index in [0.717, 1.165) is 0 Å². The van der Waals surface area contributed by atoms with Crippen molar-refractivity contribution in [3.8, 4) is 0 Å². The van der Waals surface area contributed by atoms with Crippen LogP contribution < -0.4 is 5.32 Å². The van der Waals surface area contributed by atoms with Gasteiger partial charge in [-0.05, 0) is 30.3 Å². The minimum atomic E-state index is -0.424. The minimum Gasteiger partial charge on any atom is -0.467 e. The second-order valence-corrected chi connectivity index (χ2v) is 6.21. The van der Waals surface area contributed by atoms with Gasteiger partial charge in [-0.15, -0.1) is 0 Å². The molecule has 0 spiro atoms. The molecule has 120 valence electrons. The zero-order valence-electron chi connectivity index (χ0n) is 12.1. The molecule has 5 nitrogen and oxygen atoms in total. The van der Waals surface area contributed by atoms with Crippen molar-refractivity contribution in [3.05, 3.63) is 52.4 Å². The first-order chi connectivity index (χ1) is 11.0. The zero-order valence-corrected chi connectivity index (χ0v) is 13.6. The van der Waals surface area contributed by atoms with Gasteiger partial charge in [-0.1, -0.05) is 23.2 Å². The summed E-state index contributed by atoms with van der Waals surface area (Å²) < 4.78 is 5.24. The van der Waals surface area contributed by atoms with E-state index in [0.29, 0.717) is 34.6 Å². The molecule has 3 rings (SSSR count). The summed E-state index contributed by atoms with van der Waals surface area (Å²) in [6, 6.07) is 8.40. The van der Waals surface area contributed by atoms with E-state index in [1.54, 1.807) is 41.5 Å². The summed E-state index contributed by atoms with van der Waals surface area (Å²) in [7, 11) is 0. The Kier molecular flexibility index (Phi) is 4.59. The maximum atomic E-state index is 12.4. The Morgan fingerprint density at radius 3 is 2.91 bits per heavy atom. The highest BCUT2D eigenvalue weighted by Gasteiger charge is 2.34. The molecule has 2 amide bonds. The number of nitrogens with one attached hydrogen (secondary N) is 1. The van der Waals surface area contributed by atoms with Crippen LogP contribution >= 0.6 is 23.2 Å². The van der Waals surface area contributed by atoms with Gasteiger partial charge in [-0.3, -0.25) is 9.59 Å². The molecule has 1 aliphatic rings. The molecule has 1 saturated heterocycles. The highest BCUT2D eigenvalue weighted by Crippen LogP contribution is 2.27. The van der Waals surface area contributed by atoms with Gasteiger partial charge in [0.05, 0.1) is 29.4 Å². The van der Waals surface area contributed by atoms with Crippen molar-refractivity contribution in [3.63, 3.8) is 0 Å². The molecule has 0 saturated carbocycles. The highest BCUT2D eigenvalue weighted by atomic mass is 35.5. The van der Waals surface area contributed by atoms with Gasteiger partial charge >= 0.3 is 0 Å². The predicted molar refractivity (Wildman–Crippen MR) is 87.3 cm³/mol. The Morgan fingerprint density at radius 1 is 1.35 bits per heavy atom. The second-order valence-electron chi connectivity index (χ2n) is 5.37. The monoisotopic (exact) mass is 352 g/mol. The molecule has 1 aliphatic heterocycles. The van der Waals surface area contributed by atoms with E-state index in [2.05, 4.69) is 5.32 Å². The van der Waals surface area contributed by atoms with Crippen molar-refractivity contribution in [1.82, 2.24) is 4.90 Å². The van der Waals surface area contributed by atoms with Crippen LogP contribution in [-0.2, 0) is 16.1 Å². The number of anilines is 1. The largest absolute Gasteiger partial charge is 0.467 e. The lowest BCUT2D eigenvalue weighted by atomic mass is 10.1. The van der Waals surface area contributed by atoms with Crippen LogP contribution in [0.2, 0.25) is 10.0 Å². The summed E-state index contributed by atoms with van der Waals surface area (Å²) in [5.74, 6) is -0.0481. The SMILES string of the molecule is O=C(Nc1cc(Cl)ccc1Cl)C1CC(=O)N(Cc2ccco2)C1. The quantitative estimate of drug-likeness (QED) is 0.914. The molecule has 23 heavy (non-hydrogen) atoms. The van der Waals surface area contributed by atoms with Crippen molar-refractivity contribution < 1.29 is 14.0 Å². The molecule has 1 N–H and O–H groups in total. The topological polar surface area (TPSA) is 62.6 Å². The number of halogens is 2. The van der Waals surface area contributed by atoms with Crippen LogP contribution in [0.5, 0.6) is 0 Å². The zero-order chi connectivity index (χ0) is 16.4. The fourth-order valence-electron chi connectivity index (χ4n) is 2.52. The molecule has 0 radical (unpaired) electrons. The molecule has 1 unspecified atom stereocenters. The van der Waals surface area contributed by atoms with Crippen LogP contribution in [0.15, 0.2) is 41.0 Å². The Hall–Kier alpha value is -1.98. The molecule has 1 fully saturated rings. The maximum absolute atomic E-state index is 12.4. The number of hydrogen-bond acceptors (Lipinski definition) is 3. The van der Waals surface area contributed by atoms with Crippen LogP contribution in [-0.4, -0.2) is 23.3 Å². The van der Waals surface area contributed by atoms with Crippen LogP contribution in [0.25, 0.3) is 0 Å². The van der Waals surface area contributed by atoms with E-state index in [1.807, 2.05) is 0 Å². The average molecular weight is 353 g/mol. The summed E-state index contributed by atoms with van der Waals surface area (Å²) in [6.45, 7) is 0.719. The highest BCUT2D eigenvalue weighted by molar-refractivity contribution is 6.35. The standard InChI is InChI=1S/C16H14Cl2N2O3/c17-11-3-4-13(18)14(7-11)19-16(22)10-6-15(21)20(8-10)9-12-2-1-5-23-12/h1-5,7,10H,6,8-9H2,(H,19,22). The van der Waals surface area contributed by atoms with Crippen molar-refractivity contribution in [2.75, 3.05) is 11.9 Å². The third-order valence-corrected chi connectivity index (χ3v) is 4.26. The molecule has 2 heterocycles. The molecule has 0 aliphatic carbocycles. The third-order valence-electron chi connectivity index (χ3n) is 3.70. The number of nitrogens with zero attached hydrogens (tertiary/aromatic N) is 1. The number of amides is 2. The normalized spacial score (nSPS) is 17.6. The fourth-order valence-corrected chi connectivity index (χ4v) is 2.86. The average Bonchev–Trinajstić information content (AvgIpc) is 3.14. The van der Waals surface area contributed by atoms with Crippen molar-refractivity contribution in [2.24, 2.45) is 5.92 Å². The minimum absolute atomic E-state index is 0.0706. The first-order valence-electron chi connectivity index (χ1n) is 7.09. The van der Waals surface area contributed by atoms with E-state index in [1.165, 1.54) is 0 Å². The summed E-state index contributed by atoms with van der Waals surface area (Å²) in [5.41, 5.74) is 0.445. The number of furan rings is 1. The van der Waals surface area contributed by atoms with E-state index in [-0.39, 0.29) is 18.2 Å². The Balaban J connectivity index is 1.64. The van der Waals surface area contributed by atoms with E-state index < -0.39 is 5.92 Å². The van der Waals surface area contributed by atoms with Crippen molar-refractivity contribution >= 4 is 40.7 Å². The van der Waals surface area contributed by atoms with Crippen LogP contribution in [0.4, 0.5) is 5.69 Å². The Labute approximate surface area is 143 Å². The number of hydrogen-bond donors (Lipinski definition) is 1. The second kappa shape index (κ2) is 6.64. The van der Waals surface area contributed by atoms with Crippen molar-refractivity contribution in [1.29, 1.82) is 0 Å². The number of carbonyl (C=O) groups excluding carboxylic acids is 2. The van der Waals surface area contributed by atoms with Crippen LogP contribution in [0.1, 0.15) is 12.2 Å². The molecule has 0 bridgehead atoms. The van der Waals surface area contributed by atoms with Gasteiger partial charge in [-0.25, -0.2) is 0 Å². The van der Waals surface area contributed by atoms with Gasteiger partial charge < -0.3 is 14.6 Å². The van der Waals surface area contributed by atoms with Gasteiger partial charge in [0.25, 0.3) is 0 Å². The summed E-state index contributed by atoms with van der Waals surface area (Å²) in [5, 5.41) is 3.62. The van der Waals surface area contributed by atoms with E-state index >= 15 is 0 Å². The smallest absolute Gasteiger partial charge is 0.229 e. The first kappa shape index (κ1) is 15.9. The summed E-state index contributed by atoms with van der Waals surface area (Å²) >= 11 is 11.9. The third kappa shape index (κ3) is 3.68. The number of benzene rings is 1. The maximum Gasteiger partial charge on any atom is 0.229 e. The number of likely N-dealkylation sites (tertiary alicyclic amines) is 1. The number of rotatable bonds is 4. The van der Waals surface area contributed by atoms with Crippen LogP contribution in [0, 0.1) is 5.92 Å². The summed E-state index contributed by atoms with van der Waals surface area (Å²) in [4.78, 5) is 26.0. The molecule has 2 aromatic rings. The molecule has 1 atom stereocenters. The van der Waals surface area contributed by atoms with Gasteiger partial charge in [0.2, 0.25) is 11.8 Å². The van der Waals surface area contributed by atoms with Gasteiger partial charge in [0.1, 0.15) is 5.76 Å². The predicted octanol–water partition coefficient (Wildman–Crippen LogP) is 3.57.